The van der Waals surface area contributed by atoms with Gasteiger partial charge in [-0.25, -0.2) is 0 Å². The highest BCUT2D eigenvalue weighted by atomic mass is 127. The number of hydrogen-bond donors (Lipinski definition) is 2. The maximum atomic E-state index is 5.75. The number of aliphatic imine (C=N–C) groups is 1. The molecule has 2 aliphatic heterocycles. The first-order chi connectivity index (χ1) is 14.3. The van der Waals surface area contributed by atoms with Crippen LogP contribution in [0, 0.1) is 0 Å². The van der Waals surface area contributed by atoms with Crippen molar-refractivity contribution in [1.82, 2.24) is 20.4 Å². The van der Waals surface area contributed by atoms with Crippen molar-refractivity contribution in [3.05, 3.63) is 24.2 Å². The topological polar surface area (TPSA) is 56.0 Å². The molecule has 0 amide bonds. The average molecular weight is 532 g/mol. The summed E-state index contributed by atoms with van der Waals surface area (Å²) in [6.45, 7) is 8.96. The Labute approximate surface area is 200 Å². The number of halogens is 1. The second-order valence-electron chi connectivity index (χ2n) is 8.60. The van der Waals surface area contributed by atoms with Gasteiger partial charge in [-0.2, -0.15) is 0 Å². The third-order valence-electron chi connectivity index (χ3n) is 6.49. The second-order valence-corrected chi connectivity index (χ2v) is 8.60. The molecule has 30 heavy (non-hydrogen) atoms. The Balaban J connectivity index is 0.00000320. The lowest BCUT2D eigenvalue weighted by Gasteiger charge is -2.34. The summed E-state index contributed by atoms with van der Waals surface area (Å²) in [4.78, 5) is 9.62. The van der Waals surface area contributed by atoms with E-state index in [0.29, 0.717) is 0 Å². The molecule has 2 fully saturated rings. The number of piperidine rings is 2. The summed E-state index contributed by atoms with van der Waals surface area (Å²) in [6, 6.07) is 5.12. The van der Waals surface area contributed by atoms with Crippen molar-refractivity contribution < 1.29 is 4.42 Å². The molecule has 0 bridgehead atoms. The van der Waals surface area contributed by atoms with E-state index in [0.717, 1.165) is 43.9 Å². The molecule has 2 atom stereocenters. The fraction of sp³-hybridized carbons (Fsp3) is 0.783. The highest BCUT2D eigenvalue weighted by molar-refractivity contribution is 14.0. The SMILES string of the molecule is CN=C(NCCCCN1CCCCC1C)NCC(c1ccco1)N1CCCCC1.I. The van der Waals surface area contributed by atoms with Gasteiger partial charge in [0.2, 0.25) is 0 Å². The van der Waals surface area contributed by atoms with E-state index in [1.165, 1.54) is 64.5 Å². The van der Waals surface area contributed by atoms with E-state index >= 15 is 0 Å². The van der Waals surface area contributed by atoms with E-state index in [-0.39, 0.29) is 30.0 Å². The molecule has 2 unspecified atom stereocenters. The Bertz CT molecular complexity index is 588. The summed E-state index contributed by atoms with van der Waals surface area (Å²) >= 11 is 0. The van der Waals surface area contributed by atoms with E-state index in [2.05, 4.69) is 38.4 Å². The van der Waals surface area contributed by atoms with Gasteiger partial charge in [-0.15, -0.1) is 24.0 Å². The number of nitrogens with zero attached hydrogens (tertiary/aromatic N) is 3. The first-order valence-electron chi connectivity index (χ1n) is 11.7. The maximum absolute atomic E-state index is 5.75. The van der Waals surface area contributed by atoms with E-state index in [4.69, 9.17) is 4.42 Å². The first-order valence-corrected chi connectivity index (χ1v) is 11.7. The van der Waals surface area contributed by atoms with Crippen molar-refractivity contribution in [3.63, 3.8) is 0 Å². The minimum atomic E-state index is 0. The predicted molar refractivity (Wildman–Crippen MR) is 136 cm³/mol. The van der Waals surface area contributed by atoms with Crippen LogP contribution in [0.15, 0.2) is 27.8 Å². The van der Waals surface area contributed by atoms with Crippen LogP contribution in [-0.2, 0) is 0 Å². The largest absolute Gasteiger partial charge is 0.468 e. The fourth-order valence-corrected chi connectivity index (χ4v) is 4.67. The van der Waals surface area contributed by atoms with Crippen molar-refractivity contribution in [3.8, 4) is 0 Å². The molecular formula is C23H42IN5O. The molecule has 2 saturated heterocycles. The lowest BCUT2D eigenvalue weighted by atomic mass is 10.0. The Morgan fingerprint density at radius 1 is 1.13 bits per heavy atom. The molecule has 1 aromatic heterocycles. The summed E-state index contributed by atoms with van der Waals surface area (Å²) in [7, 11) is 1.85. The highest BCUT2D eigenvalue weighted by Gasteiger charge is 2.24. The van der Waals surface area contributed by atoms with Crippen LogP contribution >= 0.6 is 24.0 Å². The molecule has 172 valence electrons. The zero-order valence-electron chi connectivity index (χ0n) is 18.9. The van der Waals surface area contributed by atoms with Gasteiger partial charge in [0.15, 0.2) is 5.96 Å². The van der Waals surface area contributed by atoms with Gasteiger partial charge in [-0.1, -0.05) is 12.8 Å². The van der Waals surface area contributed by atoms with Gasteiger partial charge in [0, 0.05) is 26.2 Å². The maximum Gasteiger partial charge on any atom is 0.191 e. The Hall–Kier alpha value is -0.800. The summed E-state index contributed by atoms with van der Waals surface area (Å²) in [5.74, 6) is 1.94. The van der Waals surface area contributed by atoms with Crippen LogP contribution in [0.3, 0.4) is 0 Å². The molecule has 0 aromatic carbocycles. The molecule has 2 N–H and O–H groups in total. The van der Waals surface area contributed by atoms with Crippen molar-refractivity contribution in [2.45, 2.75) is 70.4 Å². The summed E-state index contributed by atoms with van der Waals surface area (Å²) < 4.78 is 5.75. The molecule has 1 aromatic rings. The fourth-order valence-electron chi connectivity index (χ4n) is 4.67. The van der Waals surface area contributed by atoms with E-state index in [1.807, 2.05) is 13.1 Å². The van der Waals surface area contributed by atoms with Crippen LogP contribution in [0.25, 0.3) is 0 Å². The molecule has 0 radical (unpaired) electrons. The zero-order chi connectivity index (χ0) is 20.3. The normalized spacial score (nSPS) is 22.3. The molecule has 7 heteroatoms. The van der Waals surface area contributed by atoms with Gasteiger partial charge in [0.05, 0.1) is 12.3 Å². The molecule has 0 aliphatic carbocycles. The van der Waals surface area contributed by atoms with Gasteiger partial charge >= 0.3 is 0 Å². The number of hydrogen-bond acceptors (Lipinski definition) is 4. The summed E-state index contributed by atoms with van der Waals surface area (Å²) in [6.07, 6.45) is 12.2. The van der Waals surface area contributed by atoms with E-state index in [1.54, 1.807) is 6.26 Å². The lowest BCUT2D eigenvalue weighted by molar-refractivity contribution is 0.146. The second kappa shape index (κ2) is 14.3. The molecular weight excluding hydrogens is 489 g/mol. The average Bonchev–Trinajstić information content (AvgIpc) is 3.29. The number of furan rings is 1. The number of rotatable bonds is 9. The molecule has 0 spiro atoms. The van der Waals surface area contributed by atoms with Crippen molar-refractivity contribution >= 4 is 29.9 Å². The third-order valence-corrected chi connectivity index (χ3v) is 6.49. The van der Waals surface area contributed by atoms with Crippen LogP contribution in [0.4, 0.5) is 0 Å². The minimum Gasteiger partial charge on any atom is -0.468 e. The first kappa shape index (κ1) is 25.5. The Kier molecular flexibility index (Phi) is 12.1. The molecule has 0 saturated carbocycles. The van der Waals surface area contributed by atoms with Crippen LogP contribution in [0.1, 0.15) is 70.1 Å². The molecule has 2 aliphatic rings. The van der Waals surface area contributed by atoms with E-state index in [9.17, 15) is 0 Å². The number of nitrogens with one attached hydrogen (secondary N) is 2. The van der Waals surface area contributed by atoms with Crippen LogP contribution in [0.5, 0.6) is 0 Å². The van der Waals surface area contributed by atoms with E-state index < -0.39 is 0 Å². The highest BCUT2D eigenvalue weighted by Crippen LogP contribution is 2.24. The van der Waals surface area contributed by atoms with Crippen LogP contribution in [0.2, 0.25) is 0 Å². The number of guanidine groups is 1. The molecule has 3 heterocycles. The third kappa shape index (κ3) is 8.04. The summed E-state index contributed by atoms with van der Waals surface area (Å²) in [5, 5.41) is 7.02. The van der Waals surface area contributed by atoms with Gasteiger partial charge < -0.3 is 20.0 Å². The minimum absolute atomic E-state index is 0. The van der Waals surface area contributed by atoms with Gasteiger partial charge in [0.1, 0.15) is 5.76 Å². The predicted octanol–water partition coefficient (Wildman–Crippen LogP) is 4.24. The van der Waals surface area contributed by atoms with Gasteiger partial charge in [-0.3, -0.25) is 9.89 Å². The quantitative estimate of drug-likeness (QED) is 0.216. The molecule has 6 nitrogen and oxygen atoms in total. The molecule has 3 rings (SSSR count). The van der Waals surface area contributed by atoms with Crippen molar-refractivity contribution in [2.24, 2.45) is 4.99 Å². The van der Waals surface area contributed by atoms with Crippen molar-refractivity contribution in [1.29, 1.82) is 0 Å². The monoisotopic (exact) mass is 531 g/mol. The number of likely N-dealkylation sites (tertiary alicyclic amines) is 2. The van der Waals surface area contributed by atoms with Gasteiger partial charge in [0.25, 0.3) is 0 Å². The standard InChI is InChI=1S/C23H41N5O.HI/c1-20-11-4-8-14-27(20)15-9-5-13-25-23(24-2)26-19-21(22-12-10-18-29-22)28-16-6-3-7-17-28;/h10,12,18,20-21H,3-9,11,13-17,19H2,1-2H3,(H2,24,25,26);1H. The van der Waals surface area contributed by atoms with Gasteiger partial charge in [-0.05, 0) is 83.8 Å². The van der Waals surface area contributed by atoms with Crippen LogP contribution < -0.4 is 10.6 Å². The number of unbranched alkanes of at least 4 members (excludes halogenated alkanes) is 1. The van der Waals surface area contributed by atoms with Crippen LogP contribution in [-0.4, -0.2) is 68.1 Å². The Morgan fingerprint density at radius 2 is 1.93 bits per heavy atom. The lowest BCUT2D eigenvalue weighted by Crippen LogP contribution is -2.44. The summed E-state index contributed by atoms with van der Waals surface area (Å²) in [5.41, 5.74) is 0. The Morgan fingerprint density at radius 3 is 2.63 bits per heavy atom. The van der Waals surface area contributed by atoms with Crippen molar-refractivity contribution in [2.75, 3.05) is 46.3 Å². The zero-order valence-corrected chi connectivity index (χ0v) is 21.3. The smallest absolute Gasteiger partial charge is 0.191 e.